The van der Waals surface area contributed by atoms with E-state index < -0.39 is 5.63 Å². The first-order chi connectivity index (χ1) is 17.2. The maximum atomic E-state index is 13.1. The first-order valence-electron chi connectivity index (χ1n) is 12.3. The Bertz CT molecular complexity index is 1690. The quantitative estimate of drug-likeness (QED) is 0.307. The highest BCUT2D eigenvalue weighted by atomic mass is 16.4. The zero-order chi connectivity index (χ0) is 25.7. The lowest BCUT2D eigenvalue weighted by molar-refractivity contribution is -0.122. The number of carbonyl (C=O) groups excluding carboxylic acids is 1. The number of furan rings is 1. The first kappa shape index (κ1) is 23.9. The average molecular weight is 486 g/mol. The fourth-order valence-electron chi connectivity index (χ4n) is 5.06. The van der Waals surface area contributed by atoms with Gasteiger partial charge in [-0.3, -0.25) is 4.79 Å². The summed E-state index contributed by atoms with van der Waals surface area (Å²) in [6.45, 7) is 9.94. The number of aryl methyl sites for hydroxylation is 4. The zero-order valence-electron chi connectivity index (χ0n) is 21.6. The average Bonchev–Trinajstić information content (AvgIpc) is 3.38. The van der Waals surface area contributed by atoms with Gasteiger partial charge in [0.25, 0.3) is 0 Å². The molecular weight excluding hydrogens is 454 g/mol. The van der Waals surface area contributed by atoms with E-state index in [1.807, 2.05) is 62.7 Å². The molecule has 3 heterocycles. The molecule has 0 spiro atoms. The summed E-state index contributed by atoms with van der Waals surface area (Å²) in [6.07, 6.45) is 2.19. The number of rotatable bonds is 6. The second-order valence-corrected chi connectivity index (χ2v) is 9.97. The molecule has 0 radical (unpaired) electrons. The van der Waals surface area contributed by atoms with E-state index >= 15 is 0 Å². The lowest BCUT2D eigenvalue weighted by Gasteiger charge is -2.22. The number of para-hydroxylation sites is 2. The van der Waals surface area contributed by atoms with Crippen LogP contribution in [0.25, 0.3) is 33.0 Å². The molecule has 7 nitrogen and oxygen atoms in total. The van der Waals surface area contributed by atoms with Gasteiger partial charge in [0.1, 0.15) is 17.0 Å². The molecule has 0 saturated carbocycles. The van der Waals surface area contributed by atoms with Crippen molar-refractivity contribution < 1.29 is 13.6 Å². The van der Waals surface area contributed by atoms with Crippen molar-refractivity contribution in [2.24, 2.45) is 13.0 Å². The van der Waals surface area contributed by atoms with Crippen molar-refractivity contribution in [2.75, 3.05) is 0 Å². The van der Waals surface area contributed by atoms with Crippen molar-refractivity contribution in [1.82, 2.24) is 14.9 Å². The Morgan fingerprint density at radius 3 is 2.56 bits per heavy atom. The first-order valence-corrected chi connectivity index (χ1v) is 12.3. The predicted molar refractivity (Wildman–Crippen MR) is 141 cm³/mol. The number of benzene rings is 2. The van der Waals surface area contributed by atoms with E-state index in [1.54, 1.807) is 6.26 Å². The number of aromatic nitrogens is 2. The van der Waals surface area contributed by atoms with Gasteiger partial charge in [0.2, 0.25) is 5.91 Å². The minimum Gasteiger partial charge on any atom is -0.464 e. The third kappa shape index (κ3) is 3.88. The van der Waals surface area contributed by atoms with Crippen LogP contribution < -0.4 is 10.9 Å². The molecule has 5 aromatic rings. The van der Waals surface area contributed by atoms with Gasteiger partial charge in [-0.25, -0.2) is 9.78 Å². The van der Waals surface area contributed by atoms with Crippen molar-refractivity contribution in [3.63, 3.8) is 0 Å². The summed E-state index contributed by atoms with van der Waals surface area (Å²) in [4.78, 5) is 30.8. The molecule has 1 amide bonds. The largest absolute Gasteiger partial charge is 0.464 e. The molecule has 0 fully saturated rings. The molecule has 0 aliphatic heterocycles. The fourth-order valence-corrected chi connectivity index (χ4v) is 5.06. The van der Waals surface area contributed by atoms with Crippen molar-refractivity contribution in [2.45, 2.75) is 53.5 Å². The molecule has 7 heteroatoms. The van der Waals surface area contributed by atoms with Crippen LogP contribution in [0.1, 0.15) is 54.4 Å². The lowest BCUT2D eigenvalue weighted by Crippen LogP contribution is -2.34. The number of hydrogen-bond donors (Lipinski definition) is 1. The molecular formula is C29H31N3O4. The molecule has 5 rings (SSSR count). The molecule has 1 unspecified atom stereocenters. The van der Waals surface area contributed by atoms with Crippen LogP contribution in [0.15, 0.2) is 50.2 Å². The van der Waals surface area contributed by atoms with E-state index in [0.717, 1.165) is 49.9 Å². The smallest absolute Gasteiger partial charge is 0.339 e. The van der Waals surface area contributed by atoms with E-state index in [0.29, 0.717) is 17.6 Å². The highest BCUT2D eigenvalue weighted by molar-refractivity contribution is 5.99. The molecule has 3 aromatic heterocycles. The van der Waals surface area contributed by atoms with E-state index in [2.05, 4.69) is 19.2 Å². The fraction of sp³-hybridized carbons (Fsp3) is 0.345. The number of amides is 1. The molecule has 1 atom stereocenters. The number of hydrogen-bond acceptors (Lipinski definition) is 5. The highest BCUT2D eigenvalue weighted by Gasteiger charge is 2.24. The minimum atomic E-state index is -0.408. The van der Waals surface area contributed by atoms with Gasteiger partial charge in [-0.15, -0.1) is 0 Å². The van der Waals surface area contributed by atoms with E-state index in [-0.39, 0.29) is 24.3 Å². The van der Waals surface area contributed by atoms with Crippen LogP contribution in [-0.2, 0) is 18.3 Å². The molecule has 0 bridgehead atoms. The number of carbonyl (C=O) groups is 1. The number of nitrogens with one attached hydrogen (secondary N) is 1. The summed E-state index contributed by atoms with van der Waals surface area (Å²) in [6, 6.07) is 9.70. The van der Waals surface area contributed by atoms with Gasteiger partial charge in [-0.1, -0.05) is 26.0 Å². The van der Waals surface area contributed by atoms with Crippen LogP contribution in [0.3, 0.4) is 0 Å². The molecule has 0 aliphatic carbocycles. The Kier molecular flexibility index (Phi) is 5.94. The summed E-state index contributed by atoms with van der Waals surface area (Å²) in [5, 5.41) is 5.03. The SMILES string of the molecule is Cc1coc2c(C)c3oc(=O)c(CCC(=O)NC(c4nc5ccccc5n4C)C(C)C)c(C)c3cc12. The number of imidazole rings is 1. The zero-order valence-corrected chi connectivity index (χ0v) is 21.6. The van der Waals surface area contributed by atoms with Crippen LogP contribution in [0.2, 0.25) is 0 Å². The van der Waals surface area contributed by atoms with Gasteiger partial charge >= 0.3 is 5.63 Å². The van der Waals surface area contributed by atoms with Gasteiger partial charge < -0.3 is 18.7 Å². The third-order valence-electron chi connectivity index (χ3n) is 7.22. The highest BCUT2D eigenvalue weighted by Crippen LogP contribution is 2.33. The Labute approximate surface area is 209 Å². The van der Waals surface area contributed by atoms with Gasteiger partial charge in [-0.05, 0) is 62.4 Å². The van der Waals surface area contributed by atoms with Gasteiger partial charge in [0.15, 0.2) is 0 Å². The van der Waals surface area contributed by atoms with Crippen molar-refractivity contribution in [1.29, 1.82) is 0 Å². The monoisotopic (exact) mass is 485 g/mol. The van der Waals surface area contributed by atoms with Crippen LogP contribution in [0, 0.1) is 26.7 Å². The van der Waals surface area contributed by atoms with Gasteiger partial charge in [-0.2, -0.15) is 0 Å². The van der Waals surface area contributed by atoms with E-state index in [1.165, 1.54) is 0 Å². The number of nitrogens with zero attached hydrogens (tertiary/aromatic N) is 2. The van der Waals surface area contributed by atoms with Crippen LogP contribution in [0.5, 0.6) is 0 Å². The summed E-state index contributed by atoms with van der Waals surface area (Å²) in [5.41, 5.74) is 5.99. The second-order valence-electron chi connectivity index (χ2n) is 9.97. The molecule has 1 N–H and O–H groups in total. The molecule has 186 valence electrons. The topological polar surface area (TPSA) is 90.3 Å². The van der Waals surface area contributed by atoms with Crippen molar-refractivity contribution in [3.05, 3.63) is 75.1 Å². The summed E-state index contributed by atoms with van der Waals surface area (Å²) >= 11 is 0. The Morgan fingerprint density at radius 2 is 1.83 bits per heavy atom. The third-order valence-corrected chi connectivity index (χ3v) is 7.22. The van der Waals surface area contributed by atoms with E-state index in [4.69, 9.17) is 13.8 Å². The Hall–Kier alpha value is -3.87. The molecule has 2 aromatic carbocycles. The summed E-state index contributed by atoms with van der Waals surface area (Å²) in [7, 11) is 1.97. The van der Waals surface area contributed by atoms with E-state index in [9.17, 15) is 9.59 Å². The maximum absolute atomic E-state index is 13.1. The predicted octanol–water partition coefficient (Wildman–Crippen LogP) is 5.80. The summed E-state index contributed by atoms with van der Waals surface area (Å²) < 4.78 is 13.4. The van der Waals surface area contributed by atoms with Crippen LogP contribution in [-0.4, -0.2) is 15.5 Å². The standard InChI is InChI=1S/C29H31N3O4/c1-15(2)25(28-30-22-9-7-8-10-23(22)32(28)6)31-24(33)12-11-19-17(4)21-13-20-16(3)14-35-26(20)18(5)27(21)36-29(19)34/h7-10,13-15,25H,11-12H2,1-6H3,(H,31,33). The minimum absolute atomic E-state index is 0.128. The Morgan fingerprint density at radius 1 is 1.08 bits per heavy atom. The van der Waals surface area contributed by atoms with Crippen molar-refractivity contribution >= 4 is 38.9 Å². The van der Waals surface area contributed by atoms with Gasteiger partial charge in [0.05, 0.1) is 23.3 Å². The Balaban J connectivity index is 1.41. The van der Waals surface area contributed by atoms with Gasteiger partial charge in [0, 0.05) is 35.4 Å². The lowest BCUT2D eigenvalue weighted by atomic mass is 9.98. The second kappa shape index (κ2) is 8.97. The molecule has 36 heavy (non-hydrogen) atoms. The number of fused-ring (bicyclic) bond motifs is 3. The molecule has 0 saturated heterocycles. The summed E-state index contributed by atoms with van der Waals surface area (Å²) in [5.74, 6) is 0.827. The van der Waals surface area contributed by atoms with Crippen molar-refractivity contribution in [3.8, 4) is 0 Å². The molecule has 0 aliphatic rings. The normalized spacial score (nSPS) is 12.8. The maximum Gasteiger partial charge on any atom is 0.339 e. The van der Waals surface area contributed by atoms with Crippen LogP contribution in [0.4, 0.5) is 0 Å². The van der Waals surface area contributed by atoms with Crippen LogP contribution >= 0.6 is 0 Å².